The van der Waals surface area contributed by atoms with Crippen LogP contribution >= 0.6 is 0 Å². The van der Waals surface area contributed by atoms with E-state index >= 15 is 0 Å². The van der Waals surface area contributed by atoms with E-state index in [2.05, 4.69) is 18.2 Å². The van der Waals surface area contributed by atoms with Crippen molar-refractivity contribution in [3.8, 4) is 17.2 Å². The zero-order chi connectivity index (χ0) is 18.4. The van der Waals surface area contributed by atoms with Gasteiger partial charge in [-0.3, -0.25) is 0 Å². The van der Waals surface area contributed by atoms with Gasteiger partial charge in [-0.25, -0.2) is 0 Å². The predicted molar refractivity (Wildman–Crippen MR) is 103 cm³/mol. The molecule has 1 aromatic carbocycles. The van der Waals surface area contributed by atoms with Gasteiger partial charge in [0.05, 0.1) is 33.4 Å². The zero-order valence-electron chi connectivity index (χ0n) is 16.5. The Balaban J connectivity index is 1.56. The molecular formula is C21H34N2O3+2. The number of allylic oxidation sites excluding steroid dienone is 2. The van der Waals surface area contributed by atoms with Crippen molar-refractivity contribution in [2.45, 2.75) is 25.8 Å². The standard InChI is InChI=1S/C21H32N2O3/c1-24-19-14-21(26-3)20(25-2)13-18(19)16-23-11-9-22(10-12-23)15-17-7-5-4-6-8-17/h4-5,13-14,17H,6-12,15-16H2,1-3H3/p+2/t17-/m0/s1. The quantitative estimate of drug-likeness (QED) is 0.688. The summed E-state index contributed by atoms with van der Waals surface area (Å²) < 4.78 is 16.4. The van der Waals surface area contributed by atoms with Crippen molar-refractivity contribution in [2.24, 2.45) is 5.92 Å². The second-order valence-electron chi connectivity index (χ2n) is 7.55. The molecule has 0 aromatic heterocycles. The highest BCUT2D eigenvalue weighted by Crippen LogP contribution is 2.34. The van der Waals surface area contributed by atoms with Crippen LogP contribution in [0, 0.1) is 5.92 Å². The maximum atomic E-state index is 5.59. The van der Waals surface area contributed by atoms with Gasteiger partial charge in [0.2, 0.25) is 0 Å². The number of hydrogen-bond donors (Lipinski definition) is 2. The summed E-state index contributed by atoms with van der Waals surface area (Å²) in [6, 6.07) is 4.00. The Bertz CT molecular complexity index is 610. The van der Waals surface area contributed by atoms with Gasteiger partial charge in [0.15, 0.2) is 11.5 Å². The number of hydrogen-bond acceptors (Lipinski definition) is 3. The van der Waals surface area contributed by atoms with Crippen LogP contribution in [0.1, 0.15) is 24.8 Å². The molecule has 26 heavy (non-hydrogen) atoms. The SMILES string of the molecule is COc1cc(OC)c(OC)cc1C[NH+]1CC[NH+](C[C@H]2CC=CCC2)CC1. The molecule has 1 heterocycles. The molecule has 0 saturated carbocycles. The highest BCUT2D eigenvalue weighted by molar-refractivity contribution is 5.50. The topological polar surface area (TPSA) is 36.6 Å². The van der Waals surface area contributed by atoms with Crippen molar-refractivity contribution < 1.29 is 24.0 Å². The number of benzene rings is 1. The van der Waals surface area contributed by atoms with Crippen LogP contribution in [0.3, 0.4) is 0 Å². The smallest absolute Gasteiger partial charge is 0.164 e. The molecule has 0 unspecified atom stereocenters. The number of methoxy groups -OCH3 is 3. The van der Waals surface area contributed by atoms with E-state index in [0.717, 1.165) is 29.7 Å². The van der Waals surface area contributed by atoms with Gasteiger partial charge in [-0.15, -0.1) is 0 Å². The summed E-state index contributed by atoms with van der Waals surface area (Å²) in [6.45, 7) is 7.29. The van der Waals surface area contributed by atoms with E-state index in [1.54, 1.807) is 31.1 Å². The van der Waals surface area contributed by atoms with Gasteiger partial charge < -0.3 is 24.0 Å². The third-order valence-electron chi connectivity index (χ3n) is 5.85. The lowest BCUT2D eigenvalue weighted by Gasteiger charge is -2.32. The Hall–Kier alpha value is -1.72. The van der Waals surface area contributed by atoms with Crippen LogP contribution in [0.2, 0.25) is 0 Å². The van der Waals surface area contributed by atoms with Gasteiger partial charge in [0, 0.05) is 12.0 Å². The summed E-state index contributed by atoms with van der Waals surface area (Å²) in [5.41, 5.74) is 1.20. The number of piperazine rings is 1. The first-order valence-corrected chi connectivity index (χ1v) is 9.84. The molecule has 2 N–H and O–H groups in total. The van der Waals surface area contributed by atoms with Crippen LogP contribution in [0.5, 0.6) is 17.2 Å². The minimum atomic E-state index is 0.721. The highest BCUT2D eigenvalue weighted by atomic mass is 16.5. The lowest BCUT2D eigenvalue weighted by atomic mass is 9.94. The zero-order valence-corrected chi connectivity index (χ0v) is 16.5. The van der Waals surface area contributed by atoms with Crippen LogP contribution < -0.4 is 24.0 Å². The van der Waals surface area contributed by atoms with Crippen molar-refractivity contribution in [1.82, 2.24) is 0 Å². The molecular weight excluding hydrogens is 328 g/mol. The van der Waals surface area contributed by atoms with Crippen molar-refractivity contribution in [3.63, 3.8) is 0 Å². The van der Waals surface area contributed by atoms with E-state index < -0.39 is 0 Å². The Morgan fingerprint density at radius 2 is 1.50 bits per heavy atom. The Labute approximate surface area is 157 Å². The Morgan fingerprint density at radius 1 is 0.846 bits per heavy atom. The molecule has 1 atom stereocenters. The molecule has 1 aromatic rings. The van der Waals surface area contributed by atoms with Gasteiger partial charge in [-0.05, 0) is 25.3 Å². The van der Waals surface area contributed by atoms with Gasteiger partial charge in [0.25, 0.3) is 0 Å². The van der Waals surface area contributed by atoms with E-state index in [1.807, 2.05) is 6.07 Å². The molecule has 0 radical (unpaired) electrons. The van der Waals surface area contributed by atoms with Gasteiger partial charge in [-0.1, -0.05) is 12.2 Å². The summed E-state index contributed by atoms with van der Waals surface area (Å²) in [4.78, 5) is 3.41. The molecule has 1 aliphatic heterocycles. The van der Waals surface area contributed by atoms with Crippen LogP contribution in [0.4, 0.5) is 0 Å². The second kappa shape index (κ2) is 9.28. The van der Waals surface area contributed by atoms with E-state index in [-0.39, 0.29) is 0 Å². The average molecular weight is 363 g/mol. The van der Waals surface area contributed by atoms with E-state index in [9.17, 15) is 0 Å². The third-order valence-corrected chi connectivity index (χ3v) is 5.85. The van der Waals surface area contributed by atoms with Crippen LogP contribution in [-0.4, -0.2) is 54.1 Å². The molecule has 0 spiro atoms. The Kier molecular flexibility index (Phi) is 6.80. The third kappa shape index (κ3) is 4.71. The normalized spacial score (nSPS) is 25.7. The largest absolute Gasteiger partial charge is 0.496 e. The fourth-order valence-electron chi connectivity index (χ4n) is 4.29. The molecule has 0 bridgehead atoms. The van der Waals surface area contributed by atoms with E-state index in [1.165, 1.54) is 57.5 Å². The fraction of sp³-hybridized carbons (Fsp3) is 0.619. The first kappa shape index (κ1) is 19.1. The van der Waals surface area contributed by atoms with Gasteiger partial charge in [0.1, 0.15) is 38.5 Å². The minimum absolute atomic E-state index is 0.721. The fourth-order valence-corrected chi connectivity index (χ4v) is 4.29. The van der Waals surface area contributed by atoms with E-state index in [4.69, 9.17) is 14.2 Å². The molecule has 1 saturated heterocycles. The van der Waals surface area contributed by atoms with Crippen molar-refractivity contribution >= 4 is 0 Å². The summed E-state index contributed by atoms with van der Waals surface area (Å²) in [5.74, 6) is 3.28. The molecule has 1 aliphatic carbocycles. The summed E-state index contributed by atoms with van der Waals surface area (Å²) in [6.07, 6.45) is 8.64. The molecule has 2 aliphatic rings. The number of quaternary nitrogens is 2. The van der Waals surface area contributed by atoms with Crippen LogP contribution in [0.15, 0.2) is 24.3 Å². The maximum absolute atomic E-state index is 5.59. The lowest BCUT2D eigenvalue weighted by molar-refractivity contribution is -1.02. The lowest BCUT2D eigenvalue weighted by Crippen LogP contribution is -3.27. The molecule has 0 amide bonds. The monoisotopic (exact) mass is 362 g/mol. The molecule has 144 valence electrons. The molecule has 5 heteroatoms. The number of nitrogens with one attached hydrogen (secondary N) is 2. The number of ether oxygens (including phenoxy) is 3. The average Bonchev–Trinajstić information content (AvgIpc) is 2.70. The Morgan fingerprint density at radius 3 is 2.12 bits per heavy atom. The van der Waals surface area contributed by atoms with Gasteiger partial charge >= 0.3 is 0 Å². The van der Waals surface area contributed by atoms with Crippen LogP contribution in [0.25, 0.3) is 0 Å². The first-order chi connectivity index (χ1) is 12.7. The van der Waals surface area contributed by atoms with E-state index in [0.29, 0.717) is 0 Å². The molecule has 5 nitrogen and oxygen atoms in total. The van der Waals surface area contributed by atoms with Crippen LogP contribution in [-0.2, 0) is 6.54 Å². The highest BCUT2D eigenvalue weighted by Gasteiger charge is 2.27. The van der Waals surface area contributed by atoms with Crippen molar-refractivity contribution in [2.75, 3.05) is 54.1 Å². The molecule has 3 rings (SSSR count). The maximum Gasteiger partial charge on any atom is 0.164 e. The first-order valence-electron chi connectivity index (χ1n) is 9.84. The van der Waals surface area contributed by atoms with Gasteiger partial charge in [-0.2, -0.15) is 0 Å². The summed E-state index contributed by atoms with van der Waals surface area (Å²) >= 11 is 0. The second-order valence-corrected chi connectivity index (χ2v) is 7.55. The minimum Gasteiger partial charge on any atom is -0.496 e. The van der Waals surface area contributed by atoms with Crippen molar-refractivity contribution in [1.29, 1.82) is 0 Å². The summed E-state index contributed by atoms with van der Waals surface area (Å²) in [7, 11) is 5.07. The molecule has 1 fully saturated rings. The number of rotatable bonds is 7. The summed E-state index contributed by atoms with van der Waals surface area (Å²) in [5, 5.41) is 0. The predicted octanol–water partition coefficient (Wildman–Crippen LogP) is 0.352. The van der Waals surface area contributed by atoms with Crippen molar-refractivity contribution in [3.05, 3.63) is 29.8 Å².